The van der Waals surface area contributed by atoms with E-state index in [0.29, 0.717) is 24.5 Å². The van der Waals surface area contributed by atoms with Crippen molar-refractivity contribution < 1.29 is 13.9 Å². The molecule has 2 N–H and O–H groups in total. The van der Waals surface area contributed by atoms with Crippen LogP contribution in [0.5, 0.6) is 0 Å². The number of anilines is 1. The fourth-order valence-electron chi connectivity index (χ4n) is 2.14. The molecule has 0 bridgehead atoms. The van der Waals surface area contributed by atoms with Gasteiger partial charge in [-0.2, -0.15) is 5.10 Å². The minimum atomic E-state index is -0.549. The number of rotatable bonds is 3. The van der Waals surface area contributed by atoms with Crippen molar-refractivity contribution in [3.63, 3.8) is 0 Å². The number of morpholine rings is 1. The number of amides is 1. The van der Waals surface area contributed by atoms with Gasteiger partial charge in [0.2, 0.25) is 0 Å². The van der Waals surface area contributed by atoms with E-state index in [0.717, 1.165) is 6.54 Å². The smallest absolute Gasteiger partial charge is 0.254 e. The second-order valence-corrected chi connectivity index (χ2v) is 4.67. The van der Waals surface area contributed by atoms with Crippen LogP contribution in [0.15, 0.2) is 36.7 Å². The first-order valence-electron chi connectivity index (χ1n) is 6.67. The Kier molecular flexibility index (Phi) is 7.44. The summed E-state index contributed by atoms with van der Waals surface area (Å²) in [4.78, 5) is 12.0. The number of ether oxygens (including phenoxy) is 1. The predicted octanol–water partition coefficient (Wildman–Crippen LogP) is 1.78. The molecule has 1 atom stereocenters. The first-order valence-corrected chi connectivity index (χ1v) is 6.67. The molecule has 1 amide bonds. The number of carbonyl (C=O) groups is 1. The van der Waals surface area contributed by atoms with E-state index in [1.807, 2.05) is 0 Å². The highest BCUT2D eigenvalue weighted by atomic mass is 35.5. The lowest BCUT2D eigenvalue weighted by Gasteiger charge is -2.22. The summed E-state index contributed by atoms with van der Waals surface area (Å²) < 4.78 is 20.8. The van der Waals surface area contributed by atoms with Gasteiger partial charge in [0.05, 0.1) is 6.61 Å². The molecular formula is C14H17Cl2FN4O2. The van der Waals surface area contributed by atoms with Gasteiger partial charge in [0.1, 0.15) is 11.8 Å². The largest absolute Gasteiger partial charge is 0.366 e. The Bertz CT molecular complexity index is 634. The molecule has 1 fully saturated rings. The predicted molar refractivity (Wildman–Crippen MR) is 89.3 cm³/mol. The normalized spacial score (nSPS) is 16.8. The van der Waals surface area contributed by atoms with E-state index in [1.54, 1.807) is 30.6 Å². The standard InChI is InChI=1S/C14H15FN4O2.2ClH/c15-11-8-10(2-3-12(11)19-6-1-4-17-19)18-14(20)13-9-16-5-7-21-13;;/h1-4,6,8,13,16H,5,7,9H2,(H,18,20);2*1H. The molecule has 126 valence electrons. The fraction of sp³-hybridized carbons (Fsp3) is 0.286. The van der Waals surface area contributed by atoms with Crippen LogP contribution < -0.4 is 10.6 Å². The van der Waals surface area contributed by atoms with Crippen molar-refractivity contribution in [1.82, 2.24) is 15.1 Å². The summed E-state index contributed by atoms with van der Waals surface area (Å²) in [6.07, 6.45) is 2.67. The molecule has 0 radical (unpaired) electrons. The molecule has 0 spiro atoms. The molecule has 1 aliphatic heterocycles. The van der Waals surface area contributed by atoms with Gasteiger partial charge in [-0.05, 0) is 24.3 Å². The van der Waals surface area contributed by atoms with E-state index in [4.69, 9.17) is 4.74 Å². The lowest BCUT2D eigenvalue weighted by molar-refractivity contribution is -0.128. The van der Waals surface area contributed by atoms with Gasteiger partial charge in [-0.3, -0.25) is 4.79 Å². The van der Waals surface area contributed by atoms with E-state index in [1.165, 1.54) is 10.7 Å². The van der Waals surface area contributed by atoms with Gasteiger partial charge in [0.25, 0.3) is 5.91 Å². The zero-order chi connectivity index (χ0) is 14.7. The molecule has 23 heavy (non-hydrogen) atoms. The maximum absolute atomic E-state index is 14.1. The van der Waals surface area contributed by atoms with Crippen molar-refractivity contribution in [3.8, 4) is 5.69 Å². The molecule has 6 nitrogen and oxygen atoms in total. The van der Waals surface area contributed by atoms with Gasteiger partial charge in [-0.15, -0.1) is 24.8 Å². The monoisotopic (exact) mass is 362 g/mol. The van der Waals surface area contributed by atoms with Crippen LogP contribution >= 0.6 is 24.8 Å². The first kappa shape index (κ1) is 19.4. The number of benzene rings is 1. The van der Waals surface area contributed by atoms with E-state index >= 15 is 0 Å². The highest BCUT2D eigenvalue weighted by molar-refractivity contribution is 5.94. The van der Waals surface area contributed by atoms with Crippen LogP contribution in [0.3, 0.4) is 0 Å². The number of nitrogens with one attached hydrogen (secondary N) is 2. The molecule has 0 aliphatic carbocycles. The Morgan fingerprint density at radius 2 is 2.26 bits per heavy atom. The zero-order valence-corrected chi connectivity index (χ0v) is 13.7. The van der Waals surface area contributed by atoms with E-state index < -0.39 is 11.9 Å². The molecule has 1 aromatic heterocycles. The highest BCUT2D eigenvalue weighted by Gasteiger charge is 2.22. The average Bonchev–Trinajstić information content (AvgIpc) is 3.02. The number of halogens is 3. The Balaban J connectivity index is 0.00000132. The topological polar surface area (TPSA) is 68.2 Å². The van der Waals surface area contributed by atoms with Crippen LogP contribution in [0, 0.1) is 5.82 Å². The molecule has 0 saturated carbocycles. The first-order chi connectivity index (χ1) is 10.2. The van der Waals surface area contributed by atoms with Gasteiger partial charge in [0.15, 0.2) is 5.82 Å². The Morgan fingerprint density at radius 1 is 1.43 bits per heavy atom. The fourth-order valence-corrected chi connectivity index (χ4v) is 2.14. The number of hydrogen-bond donors (Lipinski definition) is 2. The van der Waals surface area contributed by atoms with Gasteiger partial charge in [-0.1, -0.05) is 0 Å². The minimum Gasteiger partial charge on any atom is -0.366 e. The van der Waals surface area contributed by atoms with Crippen LogP contribution in [0.1, 0.15) is 0 Å². The summed E-state index contributed by atoms with van der Waals surface area (Å²) in [5.41, 5.74) is 0.719. The van der Waals surface area contributed by atoms with Crippen LogP contribution in [0.2, 0.25) is 0 Å². The van der Waals surface area contributed by atoms with Crippen LogP contribution in [0.25, 0.3) is 5.69 Å². The summed E-state index contributed by atoms with van der Waals surface area (Å²) >= 11 is 0. The number of nitrogens with zero attached hydrogens (tertiary/aromatic N) is 2. The SMILES string of the molecule is Cl.Cl.O=C(Nc1ccc(-n2cccn2)c(F)c1)C1CNCCO1. The number of hydrogen-bond acceptors (Lipinski definition) is 4. The zero-order valence-electron chi connectivity index (χ0n) is 12.1. The molecule has 2 heterocycles. The molecule has 2 aromatic rings. The third-order valence-corrected chi connectivity index (χ3v) is 3.19. The van der Waals surface area contributed by atoms with Crippen molar-refractivity contribution in [2.24, 2.45) is 0 Å². The van der Waals surface area contributed by atoms with Crippen molar-refractivity contribution >= 4 is 36.4 Å². The van der Waals surface area contributed by atoms with Crippen LogP contribution in [-0.4, -0.2) is 41.5 Å². The molecule has 1 unspecified atom stereocenters. The summed E-state index contributed by atoms with van der Waals surface area (Å²) in [5.74, 6) is -0.743. The second kappa shape index (κ2) is 8.83. The van der Waals surface area contributed by atoms with Crippen molar-refractivity contribution in [2.45, 2.75) is 6.10 Å². The van der Waals surface area contributed by atoms with Gasteiger partial charge in [0, 0.05) is 31.2 Å². The summed E-state index contributed by atoms with van der Waals surface area (Å²) in [5, 5.41) is 9.69. The minimum absolute atomic E-state index is 0. The maximum atomic E-state index is 14.1. The van der Waals surface area contributed by atoms with Crippen molar-refractivity contribution in [1.29, 1.82) is 0 Å². The Morgan fingerprint density at radius 3 is 2.87 bits per heavy atom. The summed E-state index contributed by atoms with van der Waals surface area (Å²) in [6, 6.07) is 6.18. The lowest BCUT2D eigenvalue weighted by Crippen LogP contribution is -2.45. The number of carbonyl (C=O) groups excluding carboxylic acids is 1. The van der Waals surface area contributed by atoms with Crippen molar-refractivity contribution in [2.75, 3.05) is 25.0 Å². The van der Waals surface area contributed by atoms with E-state index in [2.05, 4.69) is 15.7 Å². The Labute approximate surface area is 145 Å². The van der Waals surface area contributed by atoms with Crippen LogP contribution in [-0.2, 0) is 9.53 Å². The van der Waals surface area contributed by atoms with Gasteiger partial charge in [-0.25, -0.2) is 9.07 Å². The average molecular weight is 363 g/mol. The third-order valence-electron chi connectivity index (χ3n) is 3.19. The number of aromatic nitrogens is 2. The maximum Gasteiger partial charge on any atom is 0.254 e. The summed E-state index contributed by atoms with van der Waals surface area (Å²) in [7, 11) is 0. The van der Waals surface area contributed by atoms with E-state index in [9.17, 15) is 9.18 Å². The third kappa shape index (κ3) is 4.65. The molecule has 3 rings (SSSR count). The van der Waals surface area contributed by atoms with Crippen LogP contribution in [0.4, 0.5) is 10.1 Å². The van der Waals surface area contributed by atoms with Gasteiger partial charge < -0.3 is 15.4 Å². The molecule has 1 aliphatic rings. The highest BCUT2D eigenvalue weighted by Crippen LogP contribution is 2.18. The van der Waals surface area contributed by atoms with Gasteiger partial charge >= 0.3 is 0 Å². The molecule has 9 heteroatoms. The molecular weight excluding hydrogens is 346 g/mol. The quantitative estimate of drug-likeness (QED) is 0.873. The summed E-state index contributed by atoms with van der Waals surface area (Å²) in [6.45, 7) is 1.68. The lowest BCUT2D eigenvalue weighted by atomic mass is 10.2. The second-order valence-electron chi connectivity index (χ2n) is 4.67. The molecule has 1 aromatic carbocycles. The Hall–Kier alpha value is -1.67. The van der Waals surface area contributed by atoms with Crippen molar-refractivity contribution in [3.05, 3.63) is 42.5 Å². The van der Waals surface area contributed by atoms with E-state index in [-0.39, 0.29) is 30.7 Å². The molecule has 1 saturated heterocycles.